The summed E-state index contributed by atoms with van der Waals surface area (Å²) in [6.07, 6.45) is 1.42. The average molecular weight is 349 g/mol. The van der Waals surface area contributed by atoms with Gasteiger partial charge in [-0.05, 0) is 44.9 Å². The highest BCUT2D eigenvalue weighted by Gasteiger charge is 2.47. The molecular formula is C18H23NO4S. The Balaban J connectivity index is 2.09. The maximum absolute atomic E-state index is 12.4. The van der Waals surface area contributed by atoms with Gasteiger partial charge < -0.3 is 14.7 Å². The van der Waals surface area contributed by atoms with Crippen LogP contribution in [0.5, 0.6) is 5.75 Å². The Bertz CT molecular complexity index is 673. The molecule has 1 saturated heterocycles. The van der Waals surface area contributed by atoms with Gasteiger partial charge in [0.1, 0.15) is 17.5 Å². The Kier molecular flexibility index (Phi) is 4.62. The number of ether oxygens (including phenoxy) is 1. The summed E-state index contributed by atoms with van der Waals surface area (Å²) in [7, 11) is 0. The van der Waals surface area contributed by atoms with Crippen LogP contribution in [0.15, 0.2) is 18.2 Å². The molecule has 0 aromatic heterocycles. The number of fused-ring (bicyclic) bond motifs is 1. The normalized spacial score (nSPS) is 25.8. The number of hydrogen-bond acceptors (Lipinski definition) is 5. The summed E-state index contributed by atoms with van der Waals surface area (Å²) in [6.45, 7) is 4.24. The van der Waals surface area contributed by atoms with Gasteiger partial charge in [-0.25, -0.2) is 0 Å². The molecule has 0 radical (unpaired) electrons. The Hall–Kier alpha value is -1.53. The molecule has 2 aliphatic rings. The van der Waals surface area contributed by atoms with E-state index in [1.165, 1.54) is 0 Å². The van der Waals surface area contributed by atoms with Gasteiger partial charge in [-0.3, -0.25) is 9.59 Å². The molecular weight excluding hydrogens is 326 g/mol. The summed E-state index contributed by atoms with van der Waals surface area (Å²) in [5, 5.41) is 10.9. The first-order chi connectivity index (χ1) is 11.3. The maximum Gasteiger partial charge on any atom is 0.223 e. The summed E-state index contributed by atoms with van der Waals surface area (Å²) in [6, 6.07) is 4.70. The van der Waals surface area contributed by atoms with Crippen LogP contribution in [0.4, 0.5) is 0 Å². The second-order valence-electron chi connectivity index (χ2n) is 6.97. The first-order valence-corrected chi connectivity index (χ1v) is 8.93. The standard InChI is InChI=1S/C18H23NO4S/c1-18(2)17(22)16(19-8-4-3-5-15(19)21)12-9-11(13(20)10-24)6-7-14(12)23-18/h6-7,9,16-17,22,24H,3-5,8,10H2,1-2H3. The molecule has 0 saturated carbocycles. The van der Waals surface area contributed by atoms with Gasteiger partial charge in [0.25, 0.3) is 0 Å². The number of carbonyl (C=O) groups excluding carboxylic acids is 2. The molecule has 1 aromatic carbocycles. The lowest BCUT2D eigenvalue weighted by Gasteiger charge is -2.47. The zero-order valence-electron chi connectivity index (χ0n) is 14.0. The Morgan fingerprint density at radius 1 is 1.42 bits per heavy atom. The highest BCUT2D eigenvalue weighted by molar-refractivity contribution is 7.81. The van der Waals surface area contributed by atoms with E-state index < -0.39 is 17.7 Å². The molecule has 1 aromatic rings. The number of rotatable bonds is 3. The number of nitrogens with zero attached hydrogens (tertiary/aromatic N) is 1. The number of amides is 1. The van der Waals surface area contributed by atoms with Crippen LogP contribution in [0.1, 0.15) is 55.1 Å². The Labute approximate surface area is 147 Å². The van der Waals surface area contributed by atoms with Crippen LogP contribution in [-0.4, -0.2) is 45.7 Å². The minimum atomic E-state index is -0.867. The Morgan fingerprint density at radius 2 is 2.17 bits per heavy atom. The number of ketones is 1. The van der Waals surface area contributed by atoms with E-state index in [-0.39, 0.29) is 17.4 Å². The molecule has 24 heavy (non-hydrogen) atoms. The van der Waals surface area contributed by atoms with Gasteiger partial charge in [-0.15, -0.1) is 0 Å². The highest BCUT2D eigenvalue weighted by atomic mass is 32.1. The topological polar surface area (TPSA) is 66.8 Å². The number of Topliss-reactive ketones (excluding diaryl/α,β-unsaturated/α-hetero) is 1. The first kappa shape index (κ1) is 17.3. The highest BCUT2D eigenvalue weighted by Crippen LogP contribution is 2.44. The van der Waals surface area contributed by atoms with E-state index in [2.05, 4.69) is 12.6 Å². The number of likely N-dealkylation sites (tertiary alicyclic amines) is 1. The molecule has 2 unspecified atom stereocenters. The number of aliphatic hydroxyl groups is 1. The second kappa shape index (κ2) is 6.41. The molecule has 0 aliphatic carbocycles. The van der Waals surface area contributed by atoms with Crippen molar-refractivity contribution in [3.63, 3.8) is 0 Å². The monoisotopic (exact) mass is 349 g/mol. The molecule has 1 N–H and O–H groups in total. The number of benzene rings is 1. The number of aliphatic hydroxyl groups excluding tert-OH is 1. The van der Waals surface area contributed by atoms with Crippen molar-refractivity contribution in [3.05, 3.63) is 29.3 Å². The van der Waals surface area contributed by atoms with Crippen LogP contribution < -0.4 is 4.74 Å². The second-order valence-corrected chi connectivity index (χ2v) is 7.29. The van der Waals surface area contributed by atoms with Gasteiger partial charge >= 0.3 is 0 Å². The first-order valence-electron chi connectivity index (χ1n) is 8.29. The number of carbonyl (C=O) groups is 2. The van der Waals surface area contributed by atoms with Crippen LogP contribution >= 0.6 is 12.6 Å². The lowest BCUT2D eigenvalue weighted by Crippen LogP contribution is -2.55. The molecule has 5 nitrogen and oxygen atoms in total. The molecule has 130 valence electrons. The van der Waals surface area contributed by atoms with Crippen molar-refractivity contribution in [3.8, 4) is 5.75 Å². The molecule has 0 bridgehead atoms. The molecule has 3 rings (SSSR count). The van der Waals surface area contributed by atoms with Gasteiger partial charge in [0, 0.05) is 24.1 Å². The summed E-state index contributed by atoms with van der Waals surface area (Å²) < 4.78 is 5.94. The van der Waals surface area contributed by atoms with Gasteiger partial charge in [-0.2, -0.15) is 12.6 Å². The van der Waals surface area contributed by atoms with Crippen molar-refractivity contribution in [1.29, 1.82) is 0 Å². The third-order valence-corrected chi connectivity index (χ3v) is 5.16. The van der Waals surface area contributed by atoms with E-state index >= 15 is 0 Å². The van der Waals surface area contributed by atoms with Crippen LogP contribution in [0.25, 0.3) is 0 Å². The fraction of sp³-hybridized carbons (Fsp3) is 0.556. The maximum atomic E-state index is 12.4. The van der Waals surface area contributed by atoms with Crippen molar-refractivity contribution in [2.24, 2.45) is 0 Å². The number of hydrogen-bond donors (Lipinski definition) is 2. The van der Waals surface area contributed by atoms with Crippen molar-refractivity contribution >= 4 is 24.3 Å². The smallest absolute Gasteiger partial charge is 0.223 e. The predicted molar refractivity (Wildman–Crippen MR) is 93.6 cm³/mol. The number of piperidine rings is 1. The summed E-state index contributed by atoms with van der Waals surface area (Å²) in [5.74, 6) is 0.675. The van der Waals surface area contributed by atoms with Crippen LogP contribution in [-0.2, 0) is 4.79 Å². The van der Waals surface area contributed by atoms with E-state index in [0.717, 1.165) is 12.8 Å². The van der Waals surface area contributed by atoms with E-state index in [9.17, 15) is 14.7 Å². The van der Waals surface area contributed by atoms with E-state index in [4.69, 9.17) is 4.74 Å². The van der Waals surface area contributed by atoms with Gasteiger partial charge in [0.2, 0.25) is 5.91 Å². The molecule has 6 heteroatoms. The fourth-order valence-electron chi connectivity index (χ4n) is 3.49. The fourth-order valence-corrected chi connectivity index (χ4v) is 3.67. The SMILES string of the molecule is CC1(C)Oc2ccc(C(=O)CS)cc2C(N2CCCCC2=O)C1O. The minimum absolute atomic E-state index is 0.0416. The average Bonchev–Trinajstić information content (AvgIpc) is 2.56. The zero-order valence-corrected chi connectivity index (χ0v) is 14.9. The largest absolute Gasteiger partial charge is 0.485 e. The summed E-state index contributed by atoms with van der Waals surface area (Å²) >= 11 is 4.04. The number of thiol groups is 1. The Morgan fingerprint density at radius 3 is 2.83 bits per heavy atom. The van der Waals surface area contributed by atoms with Crippen molar-refractivity contribution in [2.45, 2.75) is 50.9 Å². The molecule has 1 amide bonds. The van der Waals surface area contributed by atoms with E-state index in [1.807, 2.05) is 13.8 Å². The molecule has 2 heterocycles. The van der Waals surface area contributed by atoms with Crippen LogP contribution in [0.3, 0.4) is 0 Å². The zero-order chi connectivity index (χ0) is 17.5. The minimum Gasteiger partial charge on any atom is -0.485 e. The van der Waals surface area contributed by atoms with Gasteiger partial charge in [0.05, 0.1) is 11.8 Å². The lowest BCUT2D eigenvalue weighted by atomic mass is 9.84. The predicted octanol–water partition coefficient (Wildman–Crippen LogP) is 2.38. The molecule has 2 aliphatic heterocycles. The third kappa shape index (κ3) is 2.93. The summed E-state index contributed by atoms with van der Waals surface area (Å²) in [4.78, 5) is 26.2. The van der Waals surface area contributed by atoms with Crippen LogP contribution in [0, 0.1) is 0 Å². The summed E-state index contributed by atoms with van der Waals surface area (Å²) in [5.41, 5.74) is 0.406. The molecule has 0 spiro atoms. The van der Waals surface area contributed by atoms with Gasteiger partial charge in [0.15, 0.2) is 5.78 Å². The van der Waals surface area contributed by atoms with Crippen molar-refractivity contribution in [1.82, 2.24) is 4.90 Å². The van der Waals surface area contributed by atoms with Crippen molar-refractivity contribution < 1.29 is 19.4 Å². The lowest BCUT2D eigenvalue weighted by molar-refractivity contribution is -0.147. The van der Waals surface area contributed by atoms with Crippen molar-refractivity contribution in [2.75, 3.05) is 12.3 Å². The van der Waals surface area contributed by atoms with E-state index in [1.54, 1.807) is 23.1 Å². The van der Waals surface area contributed by atoms with Crippen LogP contribution in [0.2, 0.25) is 0 Å². The molecule has 2 atom stereocenters. The molecule has 1 fully saturated rings. The van der Waals surface area contributed by atoms with Gasteiger partial charge in [-0.1, -0.05) is 0 Å². The third-order valence-electron chi connectivity index (χ3n) is 4.87. The van der Waals surface area contributed by atoms with E-state index in [0.29, 0.717) is 29.8 Å². The quantitative estimate of drug-likeness (QED) is 0.649.